The number of amides is 1. The minimum atomic E-state index is -0.770. The summed E-state index contributed by atoms with van der Waals surface area (Å²) in [6, 6.07) is 0. The van der Waals surface area contributed by atoms with Crippen molar-refractivity contribution in [2.24, 2.45) is 5.92 Å². The van der Waals surface area contributed by atoms with Gasteiger partial charge in [-0.15, -0.1) is 0 Å². The molecule has 0 aliphatic carbocycles. The number of ether oxygens (including phenoxy) is 1. The molecular weight excluding hydrogens is 214 g/mol. The standard InChI is InChI=1S/C10H19NO3S/c1-10(2,3)14-9(12)11-5-8(6-11)7-15(4)13/h8H,5-7H2,1-4H3/t15-/m0/s1. The van der Waals surface area contributed by atoms with E-state index in [0.717, 1.165) is 0 Å². The summed E-state index contributed by atoms with van der Waals surface area (Å²) >= 11 is 0. The van der Waals surface area contributed by atoms with Gasteiger partial charge >= 0.3 is 6.09 Å². The molecule has 0 aromatic rings. The molecule has 1 aliphatic heterocycles. The first-order chi connectivity index (χ1) is 6.78. The lowest BCUT2D eigenvalue weighted by Crippen LogP contribution is -2.53. The van der Waals surface area contributed by atoms with Gasteiger partial charge in [0, 0.05) is 41.8 Å². The van der Waals surface area contributed by atoms with E-state index in [1.807, 2.05) is 20.8 Å². The molecule has 0 spiro atoms. The second kappa shape index (κ2) is 4.51. The predicted octanol–water partition coefficient (Wildman–Crippen LogP) is 1.23. The lowest BCUT2D eigenvalue weighted by atomic mass is 10.0. The zero-order chi connectivity index (χ0) is 11.6. The molecule has 88 valence electrons. The lowest BCUT2D eigenvalue weighted by Gasteiger charge is -2.39. The van der Waals surface area contributed by atoms with Gasteiger partial charge in [-0.05, 0) is 20.8 Å². The van der Waals surface area contributed by atoms with Gasteiger partial charge in [-0.1, -0.05) is 0 Å². The Bertz CT molecular complexity index is 266. The Kier molecular flexibility index (Phi) is 3.76. The summed E-state index contributed by atoms with van der Waals surface area (Å²) in [6.45, 7) is 6.90. The molecule has 0 saturated carbocycles. The van der Waals surface area contributed by atoms with Crippen LogP contribution in [0.2, 0.25) is 0 Å². The fraction of sp³-hybridized carbons (Fsp3) is 0.900. The second-order valence-corrected chi connectivity index (χ2v) is 6.47. The molecule has 0 unspecified atom stereocenters. The van der Waals surface area contributed by atoms with Gasteiger partial charge in [-0.3, -0.25) is 4.21 Å². The van der Waals surface area contributed by atoms with E-state index in [2.05, 4.69) is 0 Å². The van der Waals surface area contributed by atoms with Crippen molar-refractivity contribution in [2.75, 3.05) is 25.1 Å². The molecule has 0 radical (unpaired) electrons. The van der Waals surface area contributed by atoms with E-state index in [1.165, 1.54) is 0 Å². The Hall–Kier alpha value is -0.580. The average molecular weight is 233 g/mol. The molecule has 1 heterocycles. The Labute approximate surface area is 93.4 Å². The third-order valence-electron chi connectivity index (χ3n) is 2.08. The summed E-state index contributed by atoms with van der Waals surface area (Å²) in [5.41, 5.74) is -0.435. The van der Waals surface area contributed by atoms with Crippen LogP contribution in [0.3, 0.4) is 0 Å². The van der Waals surface area contributed by atoms with E-state index in [1.54, 1.807) is 11.2 Å². The van der Waals surface area contributed by atoms with Crippen molar-refractivity contribution in [1.29, 1.82) is 0 Å². The van der Waals surface area contributed by atoms with Gasteiger partial charge in [-0.2, -0.15) is 0 Å². The number of carbonyl (C=O) groups excluding carboxylic acids is 1. The molecule has 1 saturated heterocycles. The second-order valence-electron chi connectivity index (χ2n) is 4.99. The predicted molar refractivity (Wildman–Crippen MR) is 60.2 cm³/mol. The molecule has 4 nitrogen and oxygen atoms in total. The SMILES string of the molecule is C[S@](=O)CC1CN(C(=O)OC(C)(C)C)C1. The molecule has 0 bridgehead atoms. The zero-order valence-corrected chi connectivity index (χ0v) is 10.6. The van der Waals surface area contributed by atoms with Crippen molar-refractivity contribution in [3.8, 4) is 0 Å². The van der Waals surface area contributed by atoms with Crippen LogP contribution in [-0.2, 0) is 15.5 Å². The van der Waals surface area contributed by atoms with Crippen molar-refractivity contribution < 1.29 is 13.7 Å². The number of nitrogens with zero attached hydrogens (tertiary/aromatic N) is 1. The van der Waals surface area contributed by atoms with Crippen LogP contribution in [0.4, 0.5) is 4.79 Å². The van der Waals surface area contributed by atoms with Crippen molar-refractivity contribution >= 4 is 16.9 Å². The van der Waals surface area contributed by atoms with Crippen LogP contribution in [0.1, 0.15) is 20.8 Å². The smallest absolute Gasteiger partial charge is 0.410 e. The highest BCUT2D eigenvalue weighted by atomic mass is 32.2. The number of carbonyl (C=O) groups is 1. The highest BCUT2D eigenvalue weighted by Gasteiger charge is 2.33. The molecule has 1 atom stereocenters. The van der Waals surface area contributed by atoms with Gasteiger partial charge in [-0.25, -0.2) is 4.79 Å². The Balaban J connectivity index is 2.27. The first kappa shape index (κ1) is 12.5. The Morgan fingerprint density at radius 2 is 2.00 bits per heavy atom. The monoisotopic (exact) mass is 233 g/mol. The van der Waals surface area contributed by atoms with Crippen molar-refractivity contribution in [3.05, 3.63) is 0 Å². The first-order valence-electron chi connectivity index (χ1n) is 5.06. The van der Waals surface area contributed by atoms with Crippen LogP contribution in [0, 0.1) is 5.92 Å². The number of likely N-dealkylation sites (tertiary alicyclic amines) is 1. The zero-order valence-electron chi connectivity index (χ0n) is 9.78. The van der Waals surface area contributed by atoms with E-state index >= 15 is 0 Å². The van der Waals surface area contributed by atoms with Gasteiger partial charge in [0.25, 0.3) is 0 Å². The molecule has 0 N–H and O–H groups in total. The van der Waals surface area contributed by atoms with Crippen LogP contribution in [-0.4, -0.2) is 45.9 Å². The quantitative estimate of drug-likeness (QED) is 0.720. The molecule has 0 aromatic carbocycles. The minimum absolute atomic E-state index is 0.263. The third-order valence-corrected chi connectivity index (χ3v) is 3.02. The third kappa shape index (κ3) is 4.20. The molecule has 15 heavy (non-hydrogen) atoms. The van der Waals surface area contributed by atoms with Crippen molar-refractivity contribution in [1.82, 2.24) is 4.90 Å². The molecule has 1 amide bonds. The lowest BCUT2D eigenvalue weighted by molar-refractivity contribution is 0.00204. The van der Waals surface area contributed by atoms with E-state index in [0.29, 0.717) is 24.8 Å². The molecule has 0 aromatic heterocycles. The van der Waals surface area contributed by atoms with E-state index in [9.17, 15) is 9.00 Å². The van der Waals surface area contributed by atoms with Crippen LogP contribution >= 0.6 is 0 Å². The van der Waals surface area contributed by atoms with Gasteiger partial charge in [0.15, 0.2) is 0 Å². The highest BCUT2D eigenvalue weighted by molar-refractivity contribution is 7.84. The first-order valence-corrected chi connectivity index (χ1v) is 6.78. The maximum atomic E-state index is 11.5. The minimum Gasteiger partial charge on any atom is -0.444 e. The maximum Gasteiger partial charge on any atom is 0.410 e. The van der Waals surface area contributed by atoms with Crippen molar-refractivity contribution in [3.63, 3.8) is 0 Å². The van der Waals surface area contributed by atoms with Gasteiger partial charge in [0.05, 0.1) is 0 Å². The molecule has 1 rings (SSSR count). The van der Waals surface area contributed by atoms with E-state index in [-0.39, 0.29) is 6.09 Å². The van der Waals surface area contributed by atoms with E-state index in [4.69, 9.17) is 4.74 Å². The van der Waals surface area contributed by atoms with E-state index < -0.39 is 16.4 Å². The summed E-state index contributed by atoms with van der Waals surface area (Å²) in [4.78, 5) is 13.2. The van der Waals surface area contributed by atoms with Gasteiger partial charge in [0.1, 0.15) is 5.60 Å². The van der Waals surface area contributed by atoms with Crippen LogP contribution in [0.25, 0.3) is 0 Å². The number of rotatable bonds is 2. The summed E-state index contributed by atoms with van der Waals surface area (Å²) in [5, 5.41) is 0. The number of hydrogen-bond donors (Lipinski definition) is 0. The summed E-state index contributed by atoms with van der Waals surface area (Å²) in [6.07, 6.45) is 1.43. The van der Waals surface area contributed by atoms with Crippen LogP contribution in [0.5, 0.6) is 0 Å². The number of hydrogen-bond acceptors (Lipinski definition) is 3. The molecule has 1 aliphatic rings. The summed E-state index contributed by atoms with van der Waals surface area (Å²) < 4.78 is 16.1. The van der Waals surface area contributed by atoms with Crippen LogP contribution in [0.15, 0.2) is 0 Å². The Morgan fingerprint density at radius 1 is 1.47 bits per heavy atom. The summed E-state index contributed by atoms with van der Waals surface area (Å²) in [7, 11) is -0.770. The normalized spacial score (nSPS) is 19.6. The average Bonchev–Trinajstić information content (AvgIpc) is 1.91. The molecule has 5 heteroatoms. The van der Waals surface area contributed by atoms with Crippen LogP contribution < -0.4 is 0 Å². The maximum absolute atomic E-state index is 11.5. The Morgan fingerprint density at radius 3 is 2.40 bits per heavy atom. The largest absolute Gasteiger partial charge is 0.444 e. The van der Waals surface area contributed by atoms with Gasteiger partial charge < -0.3 is 9.64 Å². The fourth-order valence-corrected chi connectivity index (χ4v) is 2.36. The van der Waals surface area contributed by atoms with Gasteiger partial charge in [0.2, 0.25) is 0 Å². The highest BCUT2D eigenvalue weighted by Crippen LogP contribution is 2.19. The summed E-state index contributed by atoms with van der Waals surface area (Å²) in [5.74, 6) is 1.06. The molecular formula is C10H19NO3S. The topological polar surface area (TPSA) is 46.6 Å². The van der Waals surface area contributed by atoms with Crippen molar-refractivity contribution in [2.45, 2.75) is 26.4 Å². The molecule has 1 fully saturated rings. The fourth-order valence-electron chi connectivity index (χ4n) is 1.48.